The molecule has 0 aromatic carbocycles. The van der Waals surface area contributed by atoms with Crippen LogP contribution in [0, 0.1) is 18.8 Å². The molecule has 2 aromatic heterocycles. The van der Waals surface area contributed by atoms with Gasteiger partial charge >= 0.3 is 12.1 Å². The maximum atomic E-state index is 14.8. The van der Waals surface area contributed by atoms with E-state index in [2.05, 4.69) is 20.6 Å². The van der Waals surface area contributed by atoms with Gasteiger partial charge in [0.1, 0.15) is 30.8 Å². The van der Waals surface area contributed by atoms with Gasteiger partial charge in [0.05, 0.1) is 19.1 Å². The average Bonchev–Trinajstić information content (AvgIpc) is 3.80. The van der Waals surface area contributed by atoms with Gasteiger partial charge in [-0.05, 0) is 25.8 Å². The van der Waals surface area contributed by atoms with E-state index < -0.39 is 60.1 Å². The lowest BCUT2D eigenvalue weighted by molar-refractivity contribution is -0.159. The second kappa shape index (κ2) is 16.9. The summed E-state index contributed by atoms with van der Waals surface area (Å²) in [6.07, 6.45) is 6.35. The van der Waals surface area contributed by atoms with Crippen molar-refractivity contribution in [2.45, 2.75) is 77.8 Å². The van der Waals surface area contributed by atoms with Gasteiger partial charge in [-0.2, -0.15) is 4.98 Å². The highest BCUT2D eigenvalue weighted by molar-refractivity contribution is 5.95. The number of oxazole rings is 2. The van der Waals surface area contributed by atoms with Gasteiger partial charge in [0.25, 0.3) is 5.91 Å². The fourth-order valence-corrected chi connectivity index (χ4v) is 5.50. The summed E-state index contributed by atoms with van der Waals surface area (Å²) in [5.74, 6) is -2.16. The predicted octanol–water partition coefficient (Wildman–Crippen LogP) is 3.83. The number of alkyl halides is 1. The summed E-state index contributed by atoms with van der Waals surface area (Å²) >= 11 is 0. The number of hydrogen-bond donors (Lipinski definition) is 3. The Morgan fingerprint density at radius 2 is 2.00 bits per heavy atom. The molecule has 1 fully saturated rings. The summed E-state index contributed by atoms with van der Waals surface area (Å²) in [6.45, 7) is 7.14. The first-order chi connectivity index (χ1) is 22.9. The SMILES string of the molecule is CC1=C\[C@@H](O)C[C@@H](F)Cc2nc(co2)C(=O)N2CCC[C@@H]2C(=O)O[C@H]([C@@H](C)COC(=O)Nc2coc(C)n2)[C@H](C)/C=C/C(=O)NC\C=C\1. The van der Waals surface area contributed by atoms with E-state index in [0.717, 1.165) is 6.26 Å². The van der Waals surface area contributed by atoms with Crippen LogP contribution in [0.1, 0.15) is 62.3 Å². The Hall–Kier alpha value is -4.79. The second-order valence-corrected chi connectivity index (χ2v) is 12.0. The Balaban J connectivity index is 1.54. The van der Waals surface area contributed by atoms with Gasteiger partial charge in [-0.15, -0.1) is 0 Å². The van der Waals surface area contributed by atoms with Gasteiger partial charge in [0, 0.05) is 38.3 Å². The number of cyclic esters (lactones) is 1. The molecule has 2 aromatic rings. The Morgan fingerprint density at radius 3 is 2.75 bits per heavy atom. The zero-order valence-electron chi connectivity index (χ0n) is 27.4. The summed E-state index contributed by atoms with van der Waals surface area (Å²) in [5.41, 5.74) is 0.590. The molecule has 2 bridgehead atoms. The molecule has 0 aliphatic carbocycles. The number of aryl methyl sites for hydroxylation is 1. The molecule has 15 heteroatoms. The molecular formula is C33H42FN5O9. The van der Waals surface area contributed by atoms with Gasteiger partial charge in [0.15, 0.2) is 23.3 Å². The smallest absolute Gasteiger partial charge is 0.412 e. The van der Waals surface area contributed by atoms with Crippen molar-refractivity contribution in [3.8, 4) is 0 Å². The van der Waals surface area contributed by atoms with Crippen LogP contribution in [0.3, 0.4) is 0 Å². The van der Waals surface area contributed by atoms with Crippen LogP contribution in [-0.2, 0) is 25.5 Å². The number of fused-ring (bicyclic) bond motifs is 3. The molecule has 6 atom stereocenters. The summed E-state index contributed by atoms with van der Waals surface area (Å²) in [6, 6.07) is -0.932. The van der Waals surface area contributed by atoms with Crippen LogP contribution in [0.5, 0.6) is 0 Å². The zero-order valence-corrected chi connectivity index (χ0v) is 27.4. The molecule has 0 radical (unpaired) electrons. The third kappa shape index (κ3) is 10.4. The third-order valence-corrected chi connectivity index (χ3v) is 7.89. The maximum absolute atomic E-state index is 14.8. The zero-order chi connectivity index (χ0) is 34.8. The van der Waals surface area contributed by atoms with E-state index in [1.54, 1.807) is 45.9 Å². The summed E-state index contributed by atoms with van der Waals surface area (Å²) < 4.78 is 36.6. The van der Waals surface area contributed by atoms with E-state index >= 15 is 0 Å². The molecule has 3 N–H and O–H groups in total. The fourth-order valence-electron chi connectivity index (χ4n) is 5.50. The number of halogens is 1. The number of allylic oxidation sites excluding steroid dienone is 2. The van der Waals surface area contributed by atoms with Crippen LogP contribution < -0.4 is 10.6 Å². The monoisotopic (exact) mass is 671 g/mol. The van der Waals surface area contributed by atoms with Crippen molar-refractivity contribution < 1.29 is 47.0 Å². The van der Waals surface area contributed by atoms with Crippen LogP contribution >= 0.6 is 0 Å². The van der Waals surface area contributed by atoms with E-state index in [-0.39, 0.29) is 49.9 Å². The molecular weight excluding hydrogens is 629 g/mol. The van der Waals surface area contributed by atoms with E-state index in [4.69, 9.17) is 18.3 Å². The minimum absolute atomic E-state index is 0.0108. The number of amides is 3. The van der Waals surface area contributed by atoms with Crippen LogP contribution in [0.2, 0.25) is 0 Å². The third-order valence-electron chi connectivity index (χ3n) is 7.89. The maximum Gasteiger partial charge on any atom is 0.412 e. The Labute approximate surface area is 277 Å². The second-order valence-electron chi connectivity index (χ2n) is 12.0. The topological polar surface area (TPSA) is 186 Å². The number of hydrogen-bond acceptors (Lipinski definition) is 11. The lowest BCUT2D eigenvalue weighted by Gasteiger charge is -2.30. The molecule has 1 saturated heterocycles. The summed E-state index contributed by atoms with van der Waals surface area (Å²) in [7, 11) is 0. The van der Waals surface area contributed by atoms with Gasteiger partial charge in [-0.25, -0.2) is 19.0 Å². The van der Waals surface area contributed by atoms with Crippen molar-refractivity contribution in [1.29, 1.82) is 0 Å². The Bertz CT molecular complexity index is 1530. The molecule has 2 aliphatic rings. The van der Waals surface area contributed by atoms with Crippen molar-refractivity contribution in [2.75, 3.05) is 25.0 Å². The van der Waals surface area contributed by atoms with Gasteiger partial charge in [-0.3, -0.25) is 14.9 Å². The van der Waals surface area contributed by atoms with E-state index in [9.17, 15) is 28.7 Å². The number of ether oxygens (including phenoxy) is 2. The molecule has 3 amide bonds. The van der Waals surface area contributed by atoms with E-state index in [0.29, 0.717) is 24.3 Å². The molecule has 0 spiro atoms. The molecule has 4 heterocycles. The van der Waals surface area contributed by atoms with Gasteiger partial charge in [-0.1, -0.05) is 43.7 Å². The molecule has 0 saturated carbocycles. The number of esters is 1. The number of nitrogens with one attached hydrogen (secondary N) is 2. The number of carbonyl (C=O) groups is 4. The van der Waals surface area contributed by atoms with Crippen molar-refractivity contribution in [2.24, 2.45) is 11.8 Å². The van der Waals surface area contributed by atoms with Crippen molar-refractivity contribution in [1.82, 2.24) is 20.2 Å². The number of rotatable bonds is 4. The van der Waals surface area contributed by atoms with Crippen LogP contribution in [-0.4, -0.2) is 88.0 Å². The molecule has 48 heavy (non-hydrogen) atoms. The highest BCUT2D eigenvalue weighted by Gasteiger charge is 2.39. The molecule has 260 valence electrons. The summed E-state index contributed by atoms with van der Waals surface area (Å²) in [4.78, 5) is 61.5. The number of anilines is 1. The van der Waals surface area contributed by atoms with E-state index in [1.165, 1.54) is 23.3 Å². The molecule has 14 nitrogen and oxygen atoms in total. The molecule has 4 rings (SSSR count). The minimum Gasteiger partial charge on any atom is -0.460 e. The van der Waals surface area contributed by atoms with E-state index in [1.807, 2.05) is 0 Å². The van der Waals surface area contributed by atoms with Gasteiger partial charge in [0.2, 0.25) is 5.91 Å². The highest BCUT2D eigenvalue weighted by Crippen LogP contribution is 2.26. The first-order valence-corrected chi connectivity index (χ1v) is 15.8. The standard InChI is InChI=1S/C33H42FN5O9/c1-19-7-5-11-35-28(41)10-9-20(2)30(21(3)16-47-33(44)38-27-18-45-22(4)36-27)48-32(43)26-8-6-12-39(26)31(42)25-17-46-29(37-25)15-23(34)14-24(40)13-19/h5,7,9-10,13,17-18,20-21,23-24,26,30,40H,6,8,11-12,14-16H2,1-4H3,(H,35,41)(H,38,44)/b7-5+,10-9+,19-13+/t20-,21+,23-,24-,26-,30+/m1/s1. The van der Waals surface area contributed by atoms with Crippen LogP contribution in [0.4, 0.5) is 15.0 Å². The number of carbonyl (C=O) groups excluding carboxylic acids is 4. The normalized spacial score (nSPS) is 27.9. The van der Waals surface area contributed by atoms with Crippen LogP contribution in [0.15, 0.2) is 57.3 Å². The van der Waals surface area contributed by atoms with Crippen LogP contribution in [0.25, 0.3) is 0 Å². The minimum atomic E-state index is -1.50. The molecule has 0 unspecified atom stereocenters. The van der Waals surface area contributed by atoms with Gasteiger partial charge < -0.3 is 33.6 Å². The first-order valence-electron chi connectivity index (χ1n) is 15.8. The highest BCUT2D eigenvalue weighted by atomic mass is 19.1. The largest absolute Gasteiger partial charge is 0.460 e. The Morgan fingerprint density at radius 1 is 1.21 bits per heavy atom. The van der Waals surface area contributed by atoms with Crippen molar-refractivity contribution in [3.63, 3.8) is 0 Å². The lowest BCUT2D eigenvalue weighted by atomic mass is 9.93. The van der Waals surface area contributed by atoms with Crippen molar-refractivity contribution >= 4 is 29.7 Å². The number of nitrogens with zero attached hydrogens (tertiary/aromatic N) is 3. The molecule has 2 aliphatic heterocycles. The Kier molecular flexibility index (Phi) is 12.7. The van der Waals surface area contributed by atoms with Crippen molar-refractivity contribution in [3.05, 3.63) is 66.0 Å². The predicted molar refractivity (Wildman–Crippen MR) is 169 cm³/mol. The number of aliphatic hydroxyl groups excluding tert-OH is 1. The number of aromatic nitrogens is 2. The first kappa shape index (κ1) is 36.1. The average molecular weight is 672 g/mol. The quantitative estimate of drug-likeness (QED) is 0.401. The summed E-state index contributed by atoms with van der Waals surface area (Å²) in [5, 5.41) is 15.5. The fraction of sp³-hybridized carbons (Fsp3) is 0.515. The lowest BCUT2D eigenvalue weighted by Crippen LogP contribution is -2.44. The number of aliphatic hydroxyl groups is 1.